The van der Waals surface area contributed by atoms with E-state index in [0.717, 1.165) is 18.7 Å². The summed E-state index contributed by atoms with van der Waals surface area (Å²) in [6.07, 6.45) is 0.878. The summed E-state index contributed by atoms with van der Waals surface area (Å²) in [7, 11) is 1.67. The van der Waals surface area contributed by atoms with Gasteiger partial charge in [0.25, 0.3) is 0 Å². The van der Waals surface area contributed by atoms with Crippen molar-refractivity contribution >= 4 is 17.3 Å². The third-order valence-electron chi connectivity index (χ3n) is 2.12. The van der Waals surface area contributed by atoms with E-state index in [-0.39, 0.29) is 5.41 Å². The van der Waals surface area contributed by atoms with Crippen molar-refractivity contribution in [1.29, 1.82) is 0 Å². The molecule has 1 aromatic heterocycles. The van der Waals surface area contributed by atoms with E-state index in [1.807, 2.05) is 0 Å². The molecule has 0 aromatic carbocycles. The lowest BCUT2D eigenvalue weighted by molar-refractivity contribution is 0.582. The van der Waals surface area contributed by atoms with E-state index in [2.05, 4.69) is 41.4 Å². The van der Waals surface area contributed by atoms with Crippen molar-refractivity contribution in [1.82, 2.24) is 10.3 Å². The number of rotatable bonds is 3. The van der Waals surface area contributed by atoms with Crippen molar-refractivity contribution in [3.63, 3.8) is 0 Å². The number of hydrogen-bond donors (Lipinski definition) is 2. The van der Waals surface area contributed by atoms with E-state index in [4.69, 9.17) is 5.73 Å². The van der Waals surface area contributed by atoms with Crippen molar-refractivity contribution in [2.45, 2.75) is 32.6 Å². The van der Waals surface area contributed by atoms with Gasteiger partial charge in [0.1, 0.15) is 0 Å². The van der Waals surface area contributed by atoms with Crippen molar-refractivity contribution in [2.75, 3.05) is 13.6 Å². The molecular weight excluding hydrogens is 220 g/mol. The van der Waals surface area contributed by atoms with E-state index < -0.39 is 0 Å². The zero-order valence-electron chi connectivity index (χ0n) is 10.4. The SMILES string of the molecule is CN=C(N)NCCc1csc(C(C)(C)C)n1. The van der Waals surface area contributed by atoms with Gasteiger partial charge in [0.05, 0.1) is 10.7 Å². The summed E-state index contributed by atoms with van der Waals surface area (Å²) in [5.41, 5.74) is 6.79. The molecule has 0 atom stereocenters. The van der Waals surface area contributed by atoms with Gasteiger partial charge in [-0.05, 0) is 0 Å². The van der Waals surface area contributed by atoms with Crippen LogP contribution in [0.25, 0.3) is 0 Å². The molecule has 0 radical (unpaired) electrons. The molecule has 0 fully saturated rings. The molecule has 0 aliphatic heterocycles. The highest BCUT2D eigenvalue weighted by Gasteiger charge is 2.17. The number of aliphatic imine (C=N–C) groups is 1. The van der Waals surface area contributed by atoms with Crippen LogP contribution in [0.1, 0.15) is 31.5 Å². The Labute approximate surface area is 101 Å². The second-order valence-corrected chi connectivity index (χ2v) is 5.54. The lowest BCUT2D eigenvalue weighted by Crippen LogP contribution is -2.32. The summed E-state index contributed by atoms with van der Waals surface area (Å²) in [5, 5.41) is 6.31. The van der Waals surface area contributed by atoms with Crippen LogP contribution in [0.2, 0.25) is 0 Å². The minimum atomic E-state index is 0.139. The average Bonchev–Trinajstić information content (AvgIpc) is 2.65. The molecule has 5 heteroatoms. The highest BCUT2D eigenvalue weighted by atomic mass is 32.1. The van der Waals surface area contributed by atoms with Crippen molar-refractivity contribution in [3.05, 3.63) is 16.1 Å². The maximum atomic E-state index is 5.53. The van der Waals surface area contributed by atoms with Crippen molar-refractivity contribution in [2.24, 2.45) is 10.7 Å². The molecule has 0 amide bonds. The number of thiazole rings is 1. The van der Waals surface area contributed by atoms with Gasteiger partial charge in [0.2, 0.25) is 0 Å². The van der Waals surface area contributed by atoms with Gasteiger partial charge in [-0.2, -0.15) is 0 Å². The number of nitrogens with zero attached hydrogens (tertiary/aromatic N) is 2. The first kappa shape index (κ1) is 13.0. The van der Waals surface area contributed by atoms with Crippen molar-refractivity contribution in [3.8, 4) is 0 Å². The van der Waals surface area contributed by atoms with E-state index >= 15 is 0 Å². The molecule has 0 bridgehead atoms. The Morgan fingerprint density at radius 2 is 2.25 bits per heavy atom. The lowest BCUT2D eigenvalue weighted by atomic mass is 9.98. The minimum Gasteiger partial charge on any atom is -0.370 e. The number of guanidine groups is 1. The van der Waals surface area contributed by atoms with Crippen LogP contribution < -0.4 is 11.1 Å². The fourth-order valence-corrected chi connectivity index (χ4v) is 2.11. The van der Waals surface area contributed by atoms with E-state index in [0.29, 0.717) is 5.96 Å². The van der Waals surface area contributed by atoms with Crippen LogP contribution in [0.4, 0.5) is 0 Å². The molecule has 1 rings (SSSR count). The molecule has 1 heterocycles. The molecule has 0 aliphatic carbocycles. The van der Waals surface area contributed by atoms with Gasteiger partial charge in [-0.3, -0.25) is 4.99 Å². The van der Waals surface area contributed by atoms with Crippen LogP contribution in [0.15, 0.2) is 10.4 Å². The van der Waals surface area contributed by atoms with E-state index in [1.165, 1.54) is 5.01 Å². The zero-order chi connectivity index (χ0) is 12.2. The van der Waals surface area contributed by atoms with E-state index in [9.17, 15) is 0 Å². The molecule has 0 unspecified atom stereocenters. The first-order valence-corrected chi connectivity index (χ1v) is 6.22. The van der Waals surface area contributed by atoms with Crippen LogP contribution in [-0.4, -0.2) is 24.5 Å². The standard InChI is InChI=1S/C11H20N4S/c1-11(2,3)9-15-8(7-16-9)5-6-14-10(12)13-4/h7H,5-6H2,1-4H3,(H3,12,13,14). The highest BCUT2D eigenvalue weighted by Crippen LogP contribution is 2.25. The Bertz CT molecular complexity index is 362. The van der Waals surface area contributed by atoms with Crippen LogP contribution in [0, 0.1) is 0 Å². The number of aromatic nitrogens is 1. The second kappa shape index (κ2) is 5.30. The Hall–Kier alpha value is -1.10. The number of nitrogens with one attached hydrogen (secondary N) is 1. The summed E-state index contributed by atoms with van der Waals surface area (Å²) < 4.78 is 0. The van der Waals surface area contributed by atoms with Gasteiger partial charge in [0, 0.05) is 30.8 Å². The van der Waals surface area contributed by atoms with Crippen LogP contribution in [0.5, 0.6) is 0 Å². The predicted octanol–water partition coefficient (Wildman–Crippen LogP) is 1.52. The largest absolute Gasteiger partial charge is 0.370 e. The van der Waals surface area contributed by atoms with Crippen LogP contribution in [0.3, 0.4) is 0 Å². The fraction of sp³-hybridized carbons (Fsp3) is 0.636. The molecule has 0 aliphatic rings. The normalized spacial score (nSPS) is 12.9. The summed E-state index contributed by atoms with van der Waals surface area (Å²) in [6, 6.07) is 0. The Morgan fingerprint density at radius 3 is 2.75 bits per heavy atom. The quantitative estimate of drug-likeness (QED) is 0.622. The summed E-state index contributed by atoms with van der Waals surface area (Å²) in [6.45, 7) is 7.30. The molecule has 1 aromatic rings. The fourth-order valence-electron chi connectivity index (χ4n) is 1.16. The predicted molar refractivity (Wildman–Crippen MR) is 70.1 cm³/mol. The maximum absolute atomic E-state index is 5.53. The van der Waals surface area contributed by atoms with Gasteiger partial charge in [-0.25, -0.2) is 4.98 Å². The summed E-state index contributed by atoms with van der Waals surface area (Å²) in [4.78, 5) is 8.43. The van der Waals surface area contributed by atoms with Crippen LogP contribution in [-0.2, 0) is 11.8 Å². The first-order valence-electron chi connectivity index (χ1n) is 5.34. The van der Waals surface area contributed by atoms with Gasteiger partial charge in [0.15, 0.2) is 5.96 Å². The third kappa shape index (κ3) is 3.81. The van der Waals surface area contributed by atoms with Gasteiger partial charge < -0.3 is 11.1 Å². The third-order valence-corrected chi connectivity index (χ3v) is 3.44. The van der Waals surface area contributed by atoms with Crippen molar-refractivity contribution < 1.29 is 0 Å². The molecular formula is C11H20N4S. The molecule has 0 saturated heterocycles. The molecule has 3 N–H and O–H groups in total. The van der Waals surface area contributed by atoms with Crippen LogP contribution >= 0.6 is 11.3 Å². The molecule has 16 heavy (non-hydrogen) atoms. The molecule has 90 valence electrons. The zero-order valence-corrected chi connectivity index (χ0v) is 11.2. The Balaban J connectivity index is 2.47. The lowest BCUT2D eigenvalue weighted by Gasteiger charge is -2.13. The molecule has 0 spiro atoms. The summed E-state index contributed by atoms with van der Waals surface area (Å²) >= 11 is 1.72. The minimum absolute atomic E-state index is 0.139. The Morgan fingerprint density at radius 1 is 1.56 bits per heavy atom. The summed E-state index contributed by atoms with van der Waals surface area (Å²) in [5.74, 6) is 0.478. The highest BCUT2D eigenvalue weighted by molar-refractivity contribution is 7.09. The number of nitrogens with two attached hydrogens (primary N) is 1. The first-order chi connectivity index (χ1) is 7.43. The van der Waals surface area contributed by atoms with E-state index in [1.54, 1.807) is 18.4 Å². The van der Waals surface area contributed by atoms with Gasteiger partial charge in [-0.15, -0.1) is 11.3 Å². The van der Waals surface area contributed by atoms with Gasteiger partial charge in [-0.1, -0.05) is 20.8 Å². The Kier molecular flexibility index (Phi) is 4.29. The van der Waals surface area contributed by atoms with Gasteiger partial charge >= 0.3 is 0 Å². The maximum Gasteiger partial charge on any atom is 0.188 e. The monoisotopic (exact) mass is 240 g/mol. The molecule has 4 nitrogen and oxygen atoms in total. The topological polar surface area (TPSA) is 63.3 Å². The number of hydrogen-bond acceptors (Lipinski definition) is 3. The molecule has 0 saturated carbocycles. The smallest absolute Gasteiger partial charge is 0.188 e. The average molecular weight is 240 g/mol. The second-order valence-electron chi connectivity index (χ2n) is 4.68.